The van der Waals surface area contributed by atoms with Crippen LogP contribution in [0.5, 0.6) is 11.5 Å². The molecular formula is C20H24N2O5S. The molecule has 8 heteroatoms. The number of benzene rings is 2. The molecule has 3 rings (SSSR count). The molecule has 2 aromatic carbocycles. The molecule has 0 heterocycles. The minimum Gasteiger partial charge on any atom is -0.494 e. The fraction of sp³-hybridized carbons (Fsp3) is 0.350. The lowest BCUT2D eigenvalue weighted by molar-refractivity contribution is -0.118. The summed E-state index contributed by atoms with van der Waals surface area (Å²) in [5.41, 5.74) is 1.29. The van der Waals surface area contributed by atoms with Crippen LogP contribution in [-0.4, -0.2) is 33.6 Å². The number of carbonyl (C=O) groups is 1. The second-order valence-electron chi connectivity index (χ2n) is 6.62. The van der Waals surface area contributed by atoms with Gasteiger partial charge in [-0.15, -0.1) is 0 Å². The molecule has 2 N–H and O–H groups in total. The van der Waals surface area contributed by atoms with Crippen LogP contribution in [-0.2, 0) is 14.8 Å². The van der Waals surface area contributed by atoms with Gasteiger partial charge in [0.1, 0.15) is 11.5 Å². The SMILES string of the molecule is CCOc1ccc(NC(=O)COc2ccc(S(=O)(=O)NC3CC3)cc2C)cc1. The molecule has 28 heavy (non-hydrogen) atoms. The maximum absolute atomic E-state index is 12.3. The molecule has 7 nitrogen and oxygen atoms in total. The van der Waals surface area contributed by atoms with Gasteiger partial charge < -0.3 is 14.8 Å². The molecule has 0 aromatic heterocycles. The van der Waals surface area contributed by atoms with Crippen LogP contribution in [0.1, 0.15) is 25.3 Å². The average molecular weight is 404 g/mol. The number of ether oxygens (including phenoxy) is 2. The van der Waals surface area contributed by atoms with E-state index in [9.17, 15) is 13.2 Å². The first kappa shape index (κ1) is 20.2. The van der Waals surface area contributed by atoms with Crippen molar-refractivity contribution < 1.29 is 22.7 Å². The normalized spacial score (nSPS) is 13.8. The summed E-state index contributed by atoms with van der Waals surface area (Å²) < 4.78 is 38.1. The lowest BCUT2D eigenvalue weighted by atomic mass is 10.2. The molecule has 0 radical (unpaired) electrons. The lowest BCUT2D eigenvalue weighted by Crippen LogP contribution is -2.25. The van der Waals surface area contributed by atoms with Gasteiger partial charge >= 0.3 is 0 Å². The molecule has 1 fully saturated rings. The maximum atomic E-state index is 12.3. The predicted octanol–water partition coefficient (Wildman–Crippen LogP) is 2.85. The quantitative estimate of drug-likeness (QED) is 0.670. The number of nitrogens with one attached hydrogen (secondary N) is 2. The van der Waals surface area contributed by atoms with Gasteiger partial charge in [0, 0.05) is 11.7 Å². The summed E-state index contributed by atoms with van der Waals surface area (Å²) in [6.07, 6.45) is 1.76. The Morgan fingerprint density at radius 2 is 1.82 bits per heavy atom. The lowest BCUT2D eigenvalue weighted by Gasteiger charge is -2.12. The zero-order chi connectivity index (χ0) is 20.1. The summed E-state index contributed by atoms with van der Waals surface area (Å²) in [6.45, 7) is 4.05. The molecule has 0 unspecified atom stereocenters. The highest BCUT2D eigenvalue weighted by Gasteiger charge is 2.28. The first-order chi connectivity index (χ1) is 13.4. The zero-order valence-electron chi connectivity index (χ0n) is 15.9. The van der Waals surface area contributed by atoms with Crippen LogP contribution < -0.4 is 19.5 Å². The third-order valence-corrected chi connectivity index (χ3v) is 5.68. The summed E-state index contributed by atoms with van der Waals surface area (Å²) in [6, 6.07) is 11.7. The number of anilines is 1. The number of aryl methyl sites for hydroxylation is 1. The maximum Gasteiger partial charge on any atom is 0.262 e. The van der Waals surface area contributed by atoms with E-state index in [1.54, 1.807) is 43.3 Å². The average Bonchev–Trinajstić information content (AvgIpc) is 3.46. The standard InChI is InChI=1S/C20H24N2O5S/c1-3-26-17-8-6-15(7-9-17)21-20(23)13-27-19-11-10-18(12-14(19)2)28(24,25)22-16-4-5-16/h6-12,16,22H,3-5,13H2,1-2H3,(H,21,23). The van der Waals surface area contributed by atoms with E-state index < -0.39 is 10.0 Å². The van der Waals surface area contributed by atoms with Crippen molar-refractivity contribution in [3.8, 4) is 11.5 Å². The number of amides is 1. The van der Waals surface area contributed by atoms with Crippen LogP contribution in [0.25, 0.3) is 0 Å². The van der Waals surface area contributed by atoms with Crippen LogP contribution in [0.4, 0.5) is 5.69 Å². The van der Waals surface area contributed by atoms with E-state index in [1.807, 2.05) is 6.92 Å². The van der Waals surface area contributed by atoms with Crippen LogP contribution in [0.15, 0.2) is 47.4 Å². The van der Waals surface area contributed by atoms with Crippen molar-refractivity contribution in [2.24, 2.45) is 0 Å². The molecule has 0 aliphatic heterocycles. The second-order valence-corrected chi connectivity index (χ2v) is 8.33. The first-order valence-electron chi connectivity index (χ1n) is 9.16. The smallest absolute Gasteiger partial charge is 0.262 e. The Kier molecular flexibility index (Phi) is 6.21. The Hall–Kier alpha value is -2.58. The summed E-state index contributed by atoms with van der Waals surface area (Å²) in [5, 5.41) is 2.74. The molecule has 1 amide bonds. The van der Waals surface area contributed by atoms with Gasteiger partial charge in [0.25, 0.3) is 5.91 Å². The van der Waals surface area contributed by atoms with Gasteiger partial charge in [0.15, 0.2) is 6.61 Å². The number of sulfonamides is 1. The summed E-state index contributed by atoms with van der Waals surface area (Å²) in [4.78, 5) is 12.3. The molecule has 0 saturated heterocycles. The van der Waals surface area contributed by atoms with Crippen molar-refractivity contribution in [1.29, 1.82) is 0 Å². The third-order valence-electron chi connectivity index (χ3n) is 4.16. The Labute approximate surface area is 165 Å². The largest absolute Gasteiger partial charge is 0.494 e. The molecule has 0 bridgehead atoms. The van der Waals surface area contributed by atoms with Crippen LogP contribution in [0, 0.1) is 6.92 Å². The van der Waals surface area contributed by atoms with E-state index in [1.165, 1.54) is 6.07 Å². The monoisotopic (exact) mass is 404 g/mol. The van der Waals surface area contributed by atoms with Gasteiger partial charge in [-0.3, -0.25) is 4.79 Å². The van der Waals surface area contributed by atoms with Gasteiger partial charge in [0.2, 0.25) is 10.0 Å². The Bertz CT molecular complexity index is 938. The van der Waals surface area contributed by atoms with Gasteiger partial charge in [0.05, 0.1) is 11.5 Å². The first-order valence-corrected chi connectivity index (χ1v) is 10.6. The van der Waals surface area contributed by atoms with E-state index in [0.717, 1.165) is 18.6 Å². The van der Waals surface area contributed by atoms with E-state index >= 15 is 0 Å². The number of rotatable bonds is 9. The van der Waals surface area contributed by atoms with Crippen LogP contribution in [0.3, 0.4) is 0 Å². The van der Waals surface area contributed by atoms with Gasteiger partial charge in [-0.25, -0.2) is 13.1 Å². The van der Waals surface area contributed by atoms with Crippen molar-refractivity contribution in [3.05, 3.63) is 48.0 Å². The van der Waals surface area contributed by atoms with Gasteiger partial charge in [-0.05, 0) is 74.7 Å². The number of hydrogen-bond acceptors (Lipinski definition) is 5. The van der Waals surface area contributed by atoms with E-state index in [4.69, 9.17) is 9.47 Å². The van der Waals surface area contributed by atoms with Crippen molar-refractivity contribution in [2.75, 3.05) is 18.5 Å². The van der Waals surface area contributed by atoms with Crippen molar-refractivity contribution in [1.82, 2.24) is 4.72 Å². The molecule has 0 spiro atoms. The van der Waals surface area contributed by atoms with E-state index in [-0.39, 0.29) is 23.5 Å². The highest BCUT2D eigenvalue weighted by atomic mass is 32.2. The Morgan fingerprint density at radius 3 is 2.43 bits per heavy atom. The predicted molar refractivity (Wildman–Crippen MR) is 106 cm³/mol. The molecule has 150 valence electrons. The van der Waals surface area contributed by atoms with Crippen LogP contribution in [0.2, 0.25) is 0 Å². The van der Waals surface area contributed by atoms with Gasteiger partial charge in [-0.2, -0.15) is 0 Å². The highest BCUT2D eigenvalue weighted by Crippen LogP contribution is 2.25. The summed E-state index contributed by atoms with van der Waals surface area (Å²) in [7, 11) is -3.51. The molecule has 2 aromatic rings. The number of hydrogen-bond donors (Lipinski definition) is 2. The van der Waals surface area contributed by atoms with Crippen molar-refractivity contribution >= 4 is 21.6 Å². The Morgan fingerprint density at radius 1 is 1.11 bits per heavy atom. The fourth-order valence-corrected chi connectivity index (χ4v) is 3.97. The summed E-state index contributed by atoms with van der Waals surface area (Å²) >= 11 is 0. The molecular weight excluding hydrogens is 380 g/mol. The topological polar surface area (TPSA) is 93.7 Å². The molecule has 1 aliphatic rings. The van der Waals surface area contributed by atoms with E-state index in [0.29, 0.717) is 23.6 Å². The zero-order valence-corrected chi connectivity index (χ0v) is 16.7. The third kappa shape index (κ3) is 5.46. The molecule has 1 saturated carbocycles. The van der Waals surface area contributed by atoms with Gasteiger partial charge in [-0.1, -0.05) is 0 Å². The Balaban J connectivity index is 1.55. The number of carbonyl (C=O) groups excluding carboxylic acids is 1. The highest BCUT2D eigenvalue weighted by molar-refractivity contribution is 7.89. The molecule has 1 aliphatic carbocycles. The fourth-order valence-electron chi connectivity index (χ4n) is 2.58. The van der Waals surface area contributed by atoms with Crippen LogP contribution >= 0.6 is 0 Å². The minimum absolute atomic E-state index is 0.0486. The minimum atomic E-state index is -3.51. The van der Waals surface area contributed by atoms with Crippen molar-refractivity contribution in [3.63, 3.8) is 0 Å². The second kappa shape index (κ2) is 8.62. The summed E-state index contributed by atoms with van der Waals surface area (Å²) in [5.74, 6) is 0.890. The van der Waals surface area contributed by atoms with E-state index in [2.05, 4.69) is 10.0 Å². The van der Waals surface area contributed by atoms with Crippen molar-refractivity contribution in [2.45, 2.75) is 37.6 Å². The molecule has 0 atom stereocenters.